The van der Waals surface area contributed by atoms with E-state index in [1.807, 2.05) is 6.92 Å². The van der Waals surface area contributed by atoms with Crippen molar-refractivity contribution >= 4 is 29.0 Å². The summed E-state index contributed by atoms with van der Waals surface area (Å²) in [6.07, 6.45) is -1.02. The second-order valence-electron chi connectivity index (χ2n) is 6.54. The molecule has 0 aliphatic rings. The first-order valence-corrected chi connectivity index (χ1v) is 10.0. The molecular weight excluding hydrogens is 449 g/mol. The van der Waals surface area contributed by atoms with Crippen LogP contribution in [0.4, 0.5) is 19.0 Å². The van der Waals surface area contributed by atoms with Crippen molar-refractivity contribution < 1.29 is 27.9 Å². The number of carbonyl (C=O) groups excluding carboxylic acids is 2. The van der Waals surface area contributed by atoms with Gasteiger partial charge in [0.1, 0.15) is 39.0 Å². The Morgan fingerprint density at radius 3 is 2.56 bits per heavy atom. The third-order valence-electron chi connectivity index (χ3n) is 4.21. The number of aromatic hydroxyl groups is 1. The summed E-state index contributed by atoms with van der Waals surface area (Å²) in [5.41, 5.74) is -0.417. The Bertz CT molecular complexity index is 1150. The van der Waals surface area contributed by atoms with Crippen molar-refractivity contribution in [2.75, 3.05) is 5.32 Å². The highest BCUT2D eigenvalue weighted by atomic mass is 32.1. The monoisotopic (exact) mass is 466 g/mol. The Hall–Kier alpha value is -3.61. The second kappa shape index (κ2) is 9.26. The third kappa shape index (κ3) is 5.35. The van der Waals surface area contributed by atoms with E-state index in [1.54, 1.807) is 13.0 Å². The second-order valence-corrected chi connectivity index (χ2v) is 7.61. The molecule has 3 aromatic rings. The van der Waals surface area contributed by atoms with E-state index >= 15 is 0 Å². The van der Waals surface area contributed by atoms with E-state index in [2.05, 4.69) is 30.6 Å². The maximum absolute atomic E-state index is 12.9. The molecule has 0 fully saturated rings. The number of aryl methyl sites for hydroxylation is 1. The van der Waals surface area contributed by atoms with Gasteiger partial charge in [0.2, 0.25) is 0 Å². The maximum Gasteiger partial charge on any atom is 0.420 e. The number of carbonyl (C=O) groups is 2. The van der Waals surface area contributed by atoms with Gasteiger partial charge in [-0.1, -0.05) is 6.92 Å². The van der Waals surface area contributed by atoms with Gasteiger partial charge in [-0.15, -0.1) is 11.3 Å². The van der Waals surface area contributed by atoms with E-state index in [0.29, 0.717) is 29.4 Å². The first kappa shape index (κ1) is 23.1. The number of pyridine rings is 1. The summed E-state index contributed by atoms with van der Waals surface area (Å²) in [5, 5.41) is 14.7. The number of thiazole rings is 1. The van der Waals surface area contributed by atoms with Crippen LogP contribution in [0.2, 0.25) is 0 Å². The highest BCUT2D eigenvalue weighted by Gasteiger charge is 2.34. The van der Waals surface area contributed by atoms with E-state index in [0.717, 1.165) is 11.3 Å². The Balaban J connectivity index is 1.68. The zero-order chi connectivity index (χ0) is 23.5. The average Bonchev–Trinajstić information content (AvgIpc) is 3.25. The number of nitrogens with zero attached hydrogens (tertiary/aromatic N) is 4. The predicted octanol–water partition coefficient (Wildman–Crippen LogP) is 3.36. The largest absolute Gasteiger partial charge is 0.506 e. The SMILES string of the molecule is CCc1cc(C(=O)NC(C)c2ncc(C(=O)Nc3cc(C(F)(F)F)c(O)cn3)s2)ncn1. The third-order valence-corrected chi connectivity index (χ3v) is 5.39. The Morgan fingerprint density at radius 1 is 1.12 bits per heavy atom. The minimum Gasteiger partial charge on any atom is -0.506 e. The molecule has 0 spiro atoms. The number of halogens is 3. The summed E-state index contributed by atoms with van der Waals surface area (Å²) >= 11 is 0.956. The lowest BCUT2D eigenvalue weighted by Gasteiger charge is -2.11. The van der Waals surface area contributed by atoms with E-state index in [-0.39, 0.29) is 16.4 Å². The van der Waals surface area contributed by atoms with Gasteiger partial charge in [0, 0.05) is 5.69 Å². The van der Waals surface area contributed by atoms with Crippen molar-refractivity contribution in [1.29, 1.82) is 0 Å². The molecule has 32 heavy (non-hydrogen) atoms. The molecule has 2 amide bonds. The molecule has 0 aromatic carbocycles. The quantitative estimate of drug-likeness (QED) is 0.508. The zero-order valence-corrected chi connectivity index (χ0v) is 17.6. The number of hydrogen-bond acceptors (Lipinski definition) is 8. The summed E-state index contributed by atoms with van der Waals surface area (Å²) in [5.74, 6) is -2.60. The summed E-state index contributed by atoms with van der Waals surface area (Å²) in [4.78, 5) is 40.5. The molecule has 0 radical (unpaired) electrons. The lowest BCUT2D eigenvalue weighted by atomic mass is 10.2. The van der Waals surface area contributed by atoms with Crippen LogP contribution in [0.15, 0.2) is 30.9 Å². The standard InChI is InChI=1S/C19H17F3N6O3S/c1-3-10-4-12(26-8-25-10)16(30)27-9(2)18-24-7-14(32-18)17(31)28-15-5-11(19(20,21)22)13(29)6-23-15/h4-9,29H,3H2,1-2H3,(H,27,30)(H,23,28,31). The molecule has 0 bridgehead atoms. The smallest absolute Gasteiger partial charge is 0.420 e. The number of hydrogen-bond donors (Lipinski definition) is 3. The van der Waals surface area contributed by atoms with Crippen LogP contribution in [0.1, 0.15) is 56.3 Å². The first-order valence-electron chi connectivity index (χ1n) is 9.23. The molecule has 1 atom stereocenters. The Morgan fingerprint density at radius 2 is 1.88 bits per heavy atom. The van der Waals surface area contributed by atoms with E-state index in [9.17, 15) is 27.9 Å². The predicted molar refractivity (Wildman–Crippen MR) is 108 cm³/mol. The number of anilines is 1. The highest BCUT2D eigenvalue weighted by molar-refractivity contribution is 7.13. The Labute approximate surface area is 183 Å². The minimum absolute atomic E-state index is 0.0971. The van der Waals surface area contributed by atoms with Crippen LogP contribution in [0.3, 0.4) is 0 Å². The molecular formula is C19H17F3N6O3S. The fourth-order valence-electron chi connectivity index (χ4n) is 2.56. The molecule has 9 nitrogen and oxygen atoms in total. The van der Waals surface area contributed by atoms with Gasteiger partial charge in [-0.2, -0.15) is 13.2 Å². The summed E-state index contributed by atoms with van der Waals surface area (Å²) in [7, 11) is 0. The zero-order valence-electron chi connectivity index (χ0n) is 16.8. The molecule has 0 aliphatic heterocycles. The van der Waals surface area contributed by atoms with Crippen LogP contribution < -0.4 is 10.6 Å². The van der Waals surface area contributed by atoms with Crippen LogP contribution in [0, 0.1) is 0 Å². The van der Waals surface area contributed by atoms with Gasteiger partial charge in [0.05, 0.1) is 18.4 Å². The summed E-state index contributed by atoms with van der Waals surface area (Å²) < 4.78 is 38.7. The lowest BCUT2D eigenvalue weighted by molar-refractivity contribution is -0.138. The molecule has 0 saturated carbocycles. The number of aromatic nitrogens is 4. The fourth-order valence-corrected chi connectivity index (χ4v) is 3.38. The molecule has 13 heteroatoms. The van der Waals surface area contributed by atoms with E-state index in [4.69, 9.17) is 0 Å². The number of amides is 2. The van der Waals surface area contributed by atoms with Crippen LogP contribution >= 0.6 is 11.3 Å². The molecule has 3 heterocycles. The summed E-state index contributed by atoms with van der Waals surface area (Å²) in [6.45, 7) is 3.56. The molecule has 0 saturated heterocycles. The Kier molecular flexibility index (Phi) is 6.67. The minimum atomic E-state index is -4.81. The van der Waals surface area contributed by atoms with Crippen molar-refractivity contribution in [3.8, 4) is 5.75 Å². The maximum atomic E-state index is 12.9. The molecule has 1 unspecified atom stereocenters. The van der Waals surface area contributed by atoms with Crippen molar-refractivity contribution in [3.05, 3.63) is 57.7 Å². The number of nitrogens with one attached hydrogen (secondary N) is 2. The first-order chi connectivity index (χ1) is 15.1. The van der Waals surface area contributed by atoms with Crippen molar-refractivity contribution in [2.45, 2.75) is 32.5 Å². The molecule has 168 valence electrons. The van der Waals surface area contributed by atoms with Gasteiger partial charge in [0.25, 0.3) is 11.8 Å². The van der Waals surface area contributed by atoms with Gasteiger partial charge >= 0.3 is 6.18 Å². The molecule has 0 aliphatic carbocycles. The van der Waals surface area contributed by atoms with Crippen LogP contribution in [-0.4, -0.2) is 36.9 Å². The normalized spacial score (nSPS) is 12.3. The molecule has 3 rings (SSSR count). The van der Waals surface area contributed by atoms with Gasteiger partial charge in [-0.05, 0) is 25.5 Å². The molecule has 3 aromatic heterocycles. The van der Waals surface area contributed by atoms with Crippen molar-refractivity contribution in [2.24, 2.45) is 0 Å². The van der Waals surface area contributed by atoms with E-state index in [1.165, 1.54) is 12.5 Å². The van der Waals surface area contributed by atoms with Crippen LogP contribution in [0.5, 0.6) is 5.75 Å². The van der Waals surface area contributed by atoms with Crippen LogP contribution in [-0.2, 0) is 12.6 Å². The van der Waals surface area contributed by atoms with Gasteiger partial charge in [-0.3, -0.25) is 9.59 Å². The van der Waals surface area contributed by atoms with E-state index < -0.39 is 35.3 Å². The van der Waals surface area contributed by atoms with Crippen molar-refractivity contribution in [3.63, 3.8) is 0 Å². The van der Waals surface area contributed by atoms with Crippen LogP contribution in [0.25, 0.3) is 0 Å². The number of rotatable bonds is 6. The van der Waals surface area contributed by atoms with Crippen molar-refractivity contribution in [1.82, 2.24) is 25.3 Å². The summed E-state index contributed by atoms with van der Waals surface area (Å²) in [6, 6.07) is 1.55. The molecule has 3 N–H and O–H groups in total. The lowest BCUT2D eigenvalue weighted by Crippen LogP contribution is -2.27. The topological polar surface area (TPSA) is 130 Å². The van der Waals surface area contributed by atoms with Gasteiger partial charge < -0.3 is 15.7 Å². The number of alkyl halides is 3. The highest BCUT2D eigenvalue weighted by Crippen LogP contribution is 2.36. The van der Waals surface area contributed by atoms with Gasteiger partial charge in [-0.25, -0.2) is 19.9 Å². The average molecular weight is 466 g/mol. The fraction of sp³-hybridized carbons (Fsp3) is 0.263. The van der Waals surface area contributed by atoms with Gasteiger partial charge in [0.15, 0.2) is 0 Å².